The molecular weight excluding hydrogens is 248 g/mol. The van der Waals surface area contributed by atoms with Crippen molar-refractivity contribution in [1.29, 1.82) is 0 Å². The van der Waals surface area contributed by atoms with Crippen molar-refractivity contribution in [2.45, 2.75) is 6.42 Å². The van der Waals surface area contributed by atoms with Crippen LogP contribution in [0.2, 0.25) is 0 Å². The highest BCUT2D eigenvalue weighted by Gasteiger charge is 2.14. The van der Waals surface area contributed by atoms with E-state index in [4.69, 9.17) is 10.0 Å². The van der Waals surface area contributed by atoms with E-state index in [1.807, 2.05) is 0 Å². The first-order valence-electron chi connectivity index (χ1n) is 5.56. The van der Waals surface area contributed by atoms with Crippen LogP contribution < -0.4 is 5.46 Å². The van der Waals surface area contributed by atoms with Gasteiger partial charge in [-0.3, -0.25) is 0 Å². The van der Waals surface area contributed by atoms with Gasteiger partial charge in [0.2, 0.25) is 5.95 Å². The van der Waals surface area contributed by atoms with Crippen molar-refractivity contribution in [2.75, 3.05) is 0 Å². The summed E-state index contributed by atoms with van der Waals surface area (Å²) in [4.78, 5) is 11.5. The van der Waals surface area contributed by atoms with E-state index < -0.39 is 13.1 Å². The molecule has 2 aromatic rings. The zero-order valence-electron chi connectivity index (χ0n) is 9.99. The summed E-state index contributed by atoms with van der Waals surface area (Å²) in [5.74, 6) is -0.531. The maximum atomic E-state index is 13.8. The van der Waals surface area contributed by atoms with E-state index in [9.17, 15) is 4.39 Å². The van der Waals surface area contributed by atoms with Gasteiger partial charge in [0.1, 0.15) is 0 Å². The Balaban J connectivity index is 2.33. The van der Waals surface area contributed by atoms with E-state index in [1.54, 1.807) is 12.1 Å². The summed E-state index contributed by atoms with van der Waals surface area (Å²) in [6.45, 7) is 3.56. The van der Waals surface area contributed by atoms with E-state index in [0.717, 1.165) is 0 Å². The molecule has 2 rings (SSSR count). The molecule has 0 unspecified atom stereocenters. The van der Waals surface area contributed by atoms with Crippen LogP contribution >= 0.6 is 0 Å². The van der Waals surface area contributed by atoms with Crippen LogP contribution in [0.15, 0.2) is 37.2 Å². The van der Waals surface area contributed by atoms with Crippen LogP contribution in [0.3, 0.4) is 0 Å². The first-order chi connectivity index (χ1) is 9.11. The summed E-state index contributed by atoms with van der Waals surface area (Å²) in [6, 6.07) is 3.20. The van der Waals surface area contributed by atoms with Gasteiger partial charge in [0.25, 0.3) is 0 Å². The molecule has 0 amide bonds. The fourth-order valence-corrected chi connectivity index (χ4v) is 1.51. The molecule has 0 bridgehead atoms. The number of hydrogen-bond acceptors (Lipinski definition) is 5. The largest absolute Gasteiger partial charge is 0.491 e. The molecule has 0 spiro atoms. The van der Waals surface area contributed by atoms with Crippen molar-refractivity contribution in [3.05, 3.63) is 48.8 Å². The third-order valence-electron chi connectivity index (χ3n) is 2.47. The third-order valence-corrected chi connectivity index (χ3v) is 2.47. The summed E-state index contributed by atoms with van der Waals surface area (Å²) < 4.78 is 13.8. The number of hydrogen-bond donors (Lipinski definition) is 2. The van der Waals surface area contributed by atoms with Gasteiger partial charge in [-0.05, 0) is 12.1 Å². The van der Waals surface area contributed by atoms with E-state index >= 15 is 0 Å². The Bertz CT molecular complexity index is 590. The first-order valence-corrected chi connectivity index (χ1v) is 5.56. The van der Waals surface area contributed by atoms with Crippen molar-refractivity contribution in [2.24, 2.45) is 0 Å². The summed E-state index contributed by atoms with van der Waals surface area (Å²) in [7, 11) is -1.65. The lowest BCUT2D eigenvalue weighted by molar-refractivity contribution is 0.425. The van der Waals surface area contributed by atoms with Crippen LogP contribution in [0.25, 0.3) is 11.4 Å². The molecule has 0 radical (unpaired) electrons. The summed E-state index contributed by atoms with van der Waals surface area (Å²) in [5, 5.41) is 17.8. The van der Waals surface area contributed by atoms with Gasteiger partial charge in [-0.15, -0.1) is 6.58 Å². The second kappa shape index (κ2) is 5.68. The molecule has 5 nitrogen and oxygen atoms in total. The fraction of sp³-hybridized carbons (Fsp3) is 0.0833. The molecule has 96 valence electrons. The average Bonchev–Trinajstić information content (AvgIpc) is 2.39. The van der Waals surface area contributed by atoms with Gasteiger partial charge in [-0.1, -0.05) is 6.08 Å². The Morgan fingerprint density at radius 3 is 2.47 bits per heavy atom. The SMILES string of the molecule is C=CCc1ccc(-c2ncc(B(O)O)cn2)c(F)n1. The molecule has 7 heteroatoms. The first kappa shape index (κ1) is 13.3. The zero-order valence-corrected chi connectivity index (χ0v) is 9.99. The average molecular weight is 259 g/mol. The van der Waals surface area contributed by atoms with Crippen molar-refractivity contribution in [3.63, 3.8) is 0 Å². The van der Waals surface area contributed by atoms with Crippen LogP contribution in [0, 0.1) is 5.95 Å². The molecule has 0 atom stereocenters. The minimum atomic E-state index is -1.65. The Hall–Kier alpha value is -2.12. The lowest BCUT2D eigenvalue weighted by Crippen LogP contribution is -2.30. The minimum Gasteiger partial charge on any atom is -0.423 e. The normalized spacial score (nSPS) is 10.3. The highest BCUT2D eigenvalue weighted by atomic mass is 19.1. The molecule has 0 fully saturated rings. The minimum absolute atomic E-state index is 0.138. The molecule has 0 saturated carbocycles. The van der Waals surface area contributed by atoms with E-state index in [1.165, 1.54) is 18.5 Å². The number of pyridine rings is 1. The van der Waals surface area contributed by atoms with Crippen LogP contribution in [0.1, 0.15) is 5.69 Å². The van der Waals surface area contributed by atoms with Crippen molar-refractivity contribution in [1.82, 2.24) is 15.0 Å². The second-order valence-electron chi connectivity index (χ2n) is 3.85. The fourth-order valence-electron chi connectivity index (χ4n) is 1.51. The Labute approximate surface area is 109 Å². The Morgan fingerprint density at radius 1 is 1.26 bits per heavy atom. The van der Waals surface area contributed by atoms with Gasteiger partial charge < -0.3 is 10.0 Å². The molecule has 0 aliphatic rings. The van der Waals surface area contributed by atoms with Crippen LogP contribution in [-0.4, -0.2) is 32.1 Å². The van der Waals surface area contributed by atoms with Gasteiger partial charge in [-0.25, -0.2) is 15.0 Å². The van der Waals surface area contributed by atoms with Gasteiger partial charge in [0.05, 0.1) is 5.56 Å². The molecule has 2 N–H and O–H groups in total. The van der Waals surface area contributed by atoms with Crippen LogP contribution in [0.5, 0.6) is 0 Å². The van der Waals surface area contributed by atoms with Crippen molar-refractivity contribution >= 4 is 12.6 Å². The zero-order chi connectivity index (χ0) is 13.8. The van der Waals surface area contributed by atoms with Crippen molar-refractivity contribution < 1.29 is 14.4 Å². The summed E-state index contributed by atoms with van der Waals surface area (Å²) in [6.07, 6.45) is 4.57. The number of nitrogens with zero attached hydrogens (tertiary/aromatic N) is 3. The molecule has 19 heavy (non-hydrogen) atoms. The van der Waals surface area contributed by atoms with Gasteiger partial charge in [0.15, 0.2) is 5.82 Å². The van der Waals surface area contributed by atoms with E-state index in [0.29, 0.717) is 12.1 Å². The van der Waals surface area contributed by atoms with E-state index in [-0.39, 0.29) is 16.9 Å². The predicted octanol–water partition coefficient (Wildman–Crippen LogP) is 0.0860. The highest BCUT2D eigenvalue weighted by Crippen LogP contribution is 2.17. The molecule has 0 aliphatic carbocycles. The Morgan fingerprint density at radius 2 is 1.95 bits per heavy atom. The van der Waals surface area contributed by atoms with E-state index in [2.05, 4.69) is 21.5 Å². The number of halogens is 1. The maximum absolute atomic E-state index is 13.8. The topological polar surface area (TPSA) is 79.1 Å². The molecule has 0 aromatic carbocycles. The molecule has 2 heterocycles. The number of aromatic nitrogens is 3. The lowest BCUT2D eigenvalue weighted by Gasteiger charge is -2.04. The van der Waals surface area contributed by atoms with Gasteiger partial charge in [0, 0.05) is 30.0 Å². The monoisotopic (exact) mass is 259 g/mol. The highest BCUT2D eigenvalue weighted by molar-refractivity contribution is 6.58. The predicted molar refractivity (Wildman–Crippen MR) is 68.9 cm³/mol. The summed E-state index contributed by atoms with van der Waals surface area (Å²) in [5.41, 5.74) is 0.867. The van der Waals surface area contributed by atoms with Crippen LogP contribution in [-0.2, 0) is 6.42 Å². The van der Waals surface area contributed by atoms with Gasteiger partial charge in [-0.2, -0.15) is 4.39 Å². The lowest BCUT2D eigenvalue weighted by atomic mass is 9.83. The smallest absolute Gasteiger partial charge is 0.423 e. The quantitative estimate of drug-likeness (QED) is 0.462. The van der Waals surface area contributed by atoms with Crippen molar-refractivity contribution in [3.8, 4) is 11.4 Å². The molecule has 2 aromatic heterocycles. The summed E-state index contributed by atoms with van der Waals surface area (Å²) >= 11 is 0. The molecule has 0 aliphatic heterocycles. The maximum Gasteiger partial charge on any atom is 0.491 e. The second-order valence-corrected chi connectivity index (χ2v) is 3.85. The standard InChI is InChI=1S/C12H11BFN3O2/c1-2-3-9-4-5-10(11(14)17-9)12-15-6-8(7-16-12)13(18)19/h2,4-7,18-19H,1,3H2. The number of allylic oxidation sites excluding steroid dienone is 1. The van der Waals surface area contributed by atoms with Gasteiger partial charge >= 0.3 is 7.12 Å². The molecule has 0 saturated heterocycles. The Kier molecular flexibility index (Phi) is 3.98. The third kappa shape index (κ3) is 3.01. The number of rotatable bonds is 4. The molecular formula is C12H11BFN3O2. The van der Waals surface area contributed by atoms with Crippen LogP contribution in [0.4, 0.5) is 4.39 Å².